The van der Waals surface area contributed by atoms with E-state index in [1.807, 2.05) is 0 Å². The van der Waals surface area contributed by atoms with Crippen LogP contribution in [0.4, 0.5) is 0 Å². The first-order valence-electron chi connectivity index (χ1n) is 10.2. The minimum atomic E-state index is -2.76. The number of rotatable bonds is 6. The van der Waals surface area contributed by atoms with Crippen LogP contribution >= 0.6 is 10.6 Å². The monoisotopic (exact) mass is 502 g/mol. The van der Waals surface area contributed by atoms with Crippen molar-refractivity contribution in [2.24, 2.45) is 0 Å². The van der Waals surface area contributed by atoms with Gasteiger partial charge in [0.05, 0.1) is 4.90 Å². The molecule has 6 N–H and O–H groups in total. The molecule has 1 aliphatic heterocycles. The Morgan fingerprint density at radius 3 is 2.21 bits per heavy atom. The highest BCUT2D eigenvalue weighted by Crippen LogP contribution is 2.43. The van der Waals surface area contributed by atoms with Gasteiger partial charge in [-0.2, -0.15) is 10.6 Å². The summed E-state index contributed by atoms with van der Waals surface area (Å²) >= 11 is -1.61. The van der Waals surface area contributed by atoms with Gasteiger partial charge in [-0.15, -0.1) is 0 Å². The lowest BCUT2D eigenvalue weighted by atomic mass is 10.1. The van der Waals surface area contributed by atoms with Gasteiger partial charge in [-0.1, -0.05) is 18.2 Å². The summed E-state index contributed by atoms with van der Waals surface area (Å²) in [6.45, 7) is 2.01. The molecule has 1 aliphatic rings. The Hall–Kier alpha value is -2.35. The lowest BCUT2D eigenvalue weighted by molar-refractivity contribution is 0.0923. The largest absolute Gasteiger partial charge is 0.348 e. The van der Waals surface area contributed by atoms with Crippen molar-refractivity contribution in [3.8, 4) is 0 Å². The summed E-state index contributed by atoms with van der Waals surface area (Å²) in [6.07, 6.45) is 4.31. The van der Waals surface area contributed by atoms with E-state index in [0.717, 1.165) is 31.5 Å². The van der Waals surface area contributed by atoms with E-state index in [1.54, 1.807) is 42.5 Å². The first-order valence-corrected chi connectivity index (χ1v) is 13.6. The van der Waals surface area contributed by atoms with Crippen LogP contribution in [0.1, 0.15) is 42.2 Å². The fraction of sp³-hybridized carbons (Fsp3) is 0.381. The van der Waals surface area contributed by atoms with E-state index in [2.05, 4.69) is 20.9 Å². The fourth-order valence-electron chi connectivity index (χ4n) is 3.05. The third kappa shape index (κ3) is 9.58. The number of nitrogens with zero attached hydrogens (tertiary/aromatic N) is 1. The van der Waals surface area contributed by atoms with E-state index in [-0.39, 0.29) is 38.6 Å². The molecule has 3 rings (SSSR count). The average Bonchev–Trinajstić information content (AvgIpc) is 2.77. The second-order valence-corrected chi connectivity index (χ2v) is 10.5. The van der Waals surface area contributed by atoms with Gasteiger partial charge in [-0.05, 0) is 55.8 Å². The minimum absolute atomic E-state index is 0. The van der Waals surface area contributed by atoms with Crippen molar-refractivity contribution >= 4 is 33.5 Å². The molecule has 2 heterocycles. The summed E-state index contributed by atoms with van der Waals surface area (Å²) in [5.74, 6) is -0.661. The highest BCUT2D eigenvalue weighted by molar-refractivity contribution is 8.23. The predicted molar refractivity (Wildman–Crippen MR) is 133 cm³/mol. The zero-order chi connectivity index (χ0) is 24.4. The van der Waals surface area contributed by atoms with Crippen LogP contribution in [0.25, 0.3) is 0 Å². The second-order valence-electron chi connectivity index (χ2n) is 7.49. The Labute approximate surface area is 200 Å². The zero-order valence-corrected chi connectivity index (χ0v) is 20.1. The number of pyridine rings is 1. The predicted octanol–water partition coefficient (Wildman–Crippen LogP) is 2.56. The Bertz CT molecular complexity index is 967. The lowest BCUT2D eigenvalue weighted by Crippen LogP contribution is -2.43. The van der Waals surface area contributed by atoms with Crippen LogP contribution in [-0.2, 0) is 17.6 Å². The molecule has 10 nitrogen and oxygen atoms in total. The van der Waals surface area contributed by atoms with Gasteiger partial charge in [-0.25, -0.2) is 9.19 Å². The summed E-state index contributed by atoms with van der Waals surface area (Å²) in [5, 5.41) is 8.97. The number of aromatic nitrogens is 1. The van der Waals surface area contributed by atoms with E-state index in [1.165, 1.54) is 12.5 Å². The van der Waals surface area contributed by atoms with Crippen LogP contribution in [0.15, 0.2) is 47.4 Å². The fourth-order valence-corrected chi connectivity index (χ4v) is 3.70. The molecule has 1 aromatic carbocycles. The normalized spacial score (nSPS) is 15.5. The Kier molecular flexibility index (Phi) is 10.4. The summed E-state index contributed by atoms with van der Waals surface area (Å²) in [5.41, 5.74) is 1.20. The van der Waals surface area contributed by atoms with Crippen molar-refractivity contribution in [1.82, 2.24) is 20.9 Å². The first-order chi connectivity index (χ1) is 15.6. The molecule has 2 amide bonds. The van der Waals surface area contributed by atoms with Crippen molar-refractivity contribution < 1.29 is 30.3 Å². The van der Waals surface area contributed by atoms with E-state index in [4.69, 9.17) is 8.76 Å². The molecule has 1 fully saturated rings. The van der Waals surface area contributed by atoms with Crippen molar-refractivity contribution in [3.63, 3.8) is 0 Å². The topological polar surface area (TPSA) is 161 Å². The van der Waals surface area contributed by atoms with E-state index in [9.17, 15) is 18.7 Å². The Morgan fingerprint density at radius 2 is 1.67 bits per heavy atom. The molecule has 186 valence electrons. The molecule has 1 unspecified atom stereocenters. The highest BCUT2D eigenvalue weighted by atomic mass is 32.3. The molecule has 2 aromatic rings. The number of amides is 2. The number of hydrogen-bond donors (Lipinski definition) is 6. The number of piperidine rings is 1. The molecule has 33 heavy (non-hydrogen) atoms. The van der Waals surface area contributed by atoms with Gasteiger partial charge < -0.3 is 20.5 Å². The van der Waals surface area contributed by atoms with Crippen LogP contribution in [0, 0.1) is 0 Å². The van der Waals surface area contributed by atoms with Gasteiger partial charge in [0, 0.05) is 28.0 Å². The molecule has 12 heteroatoms. The Morgan fingerprint density at radius 1 is 1.12 bits per heavy atom. The first kappa shape index (κ1) is 26.9. The molecule has 0 aliphatic carbocycles. The van der Waals surface area contributed by atoms with Gasteiger partial charge in [-0.3, -0.25) is 18.7 Å². The number of hydrogen-bond acceptors (Lipinski definition) is 7. The third-order valence-corrected chi connectivity index (χ3v) is 5.88. The van der Waals surface area contributed by atoms with Crippen LogP contribution in [0.5, 0.6) is 0 Å². The molecule has 0 saturated carbocycles. The van der Waals surface area contributed by atoms with Crippen molar-refractivity contribution in [1.29, 1.82) is 0 Å². The van der Waals surface area contributed by atoms with Gasteiger partial charge >= 0.3 is 0 Å². The van der Waals surface area contributed by atoms with Gasteiger partial charge in [0.25, 0.3) is 11.8 Å². The molecule has 0 bridgehead atoms. The molecule has 1 saturated heterocycles. The van der Waals surface area contributed by atoms with Crippen molar-refractivity contribution in [2.45, 2.75) is 30.3 Å². The summed E-state index contributed by atoms with van der Waals surface area (Å²) in [4.78, 5) is 29.5. The maximum atomic E-state index is 12.4. The molecular formula is C21H34N4O6S2. The van der Waals surface area contributed by atoms with Crippen molar-refractivity contribution in [2.75, 3.05) is 25.6 Å². The lowest BCUT2D eigenvalue weighted by Gasteiger charge is -2.26. The van der Waals surface area contributed by atoms with Gasteiger partial charge in [0.2, 0.25) is 0 Å². The smallest absolute Gasteiger partial charge is 0.270 e. The van der Waals surface area contributed by atoms with Gasteiger partial charge in [0.1, 0.15) is 22.5 Å². The van der Waals surface area contributed by atoms with Crippen LogP contribution < -0.4 is 16.0 Å². The molecular weight excluding hydrogens is 468 g/mol. The summed E-state index contributed by atoms with van der Waals surface area (Å²) in [6, 6.07) is 11.6. The number of carbonyl (C=O) groups excluding carboxylic acids is 2. The second kappa shape index (κ2) is 12.8. The average molecular weight is 503 g/mol. The standard InChI is InChI=1S/C20H26N4O4S.CH4O2S.2H2/c1-29(27,28)16-7-5-14(6-8-16)13-22-19(25)17-3-2-4-18(24-17)20(26)23-15-9-11-21-12-10-15;1-4(2)3;;/h2-8,15,21,27-28H,9-13H2,1H3,(H,22,25)(H,23,26);1H3,(H,2,3);2*1H. The molecule has 1 aromatic heterocycles. The number of carbonyl (C=O) groups is 2. The van der Waals surface area contributed by atoms with E-state index >= 15 is 0 Å². The maximum Gasteiger partial charge on any atom is 0.270 e. The summed E-state index contributed by atoms with van der Waals surface area (Å²) in [7, 11) is -2.76. The summed E-state index contributed by atoms with van der Waals surface area (Å²) < 4.78 is 35.9. The Balaban J connectivity index is 0.00000179. The van der Waals surface area contributed by atoms with E-state index in [0.29, 0.717) is 4.90 Å². The van der Waals surface area contributed by atoms with Crippen LogP contribution in [-0.4, -0.2) is 66.3 Å². The van der Waals surface area contributed by atoms with Crippen LogP contribution in [0.2, 0.25) is 0 Å². The maximum absolute atomic E-state index is 12.4. The minimum Gasteiger partial charge on any atom is -0.348 e. The van der Waals surface area contributed by atoms with Gasteiger partial charge in [0.15, 0.2) is 0 Å². The molecule has 0 radical (unpaired) electrons. The molecule has 0 spiro atoms. The van der Waals surface area contributed by atoms with Crippen LogP contribution in [0.3, 0.4) is 0 Å². The number of nitrogens with one attached hydrogen (secondary N) is 3. The van der Waals surface area contributed by atoms with E-state index < -0.39 is 21.7 Å². The zero-order valence-electron chi connectivity index (χ0n) is 18.5. The SMILES string of the molecule is CS(=O)O.CS(O)(O)c1ccc(CNC(=O)c2cccc(C(=O)NC3CCNCC3)n2)cc1.[HH].[HH]. The molecule has 1 atom stereocenters. The van der Waals surface area contributed by atoms with Crippen molar-refractivity contribution in [3.05, 3.63) is 59.4 Å². The quantitative estimate of drug-likeness (QED) is 0.329. The third-order valence-electron chi connectivity index (χ3n) is 4.71. The highest BCUT2D eigenvalue weighted by Gasteiger charge is 2.18. The number of benzene rings is 1.